The van der Waals surface area contributed by atoms with Crippen molar-refractivity contribution in [1.82, 2.24) is 0 Å². The number of Topliss-reactive ketones (excluding diaryl/α,β-unsaturated/α-hetero) is 1. The average molecular weight is 254 g/mol. The minimum Gasteiger partial charge on any atom is -0.350 e. The van der Waals surface area contributed by atoms with E-state index in [2.05, 4.69) is 0 Å². The minimum atomic E-state index is -0.580. The van der Waals surface area contributed by atoms with E-state index in [4.69, 9.17) is 9.47 Å². The number of hydrogen-bond donors (Lipinski definition) is 0. The fourth-order valence-electron chi connectivity index (χ4n) is 2.24. The molecule has 1 fully saturated rings. The van der Waals surface area contributed by atoms with E-state index in [1.807, 2.05) is 46.8 Å². The zero-order valence-corrected chi connectivity index (χ0v) is 12.3. The zero-order chi connectivity index (χ0) is 13.8. The van der Waals surface area contributed by atoms with E-state index < -0.39 is 11.2 Å². The van der Waals surface area contributed by atoms with Crippen LogP contribution in [0.5, 0.6) is 0 Å². The summed E-state index contributed by atoms with van der Waals surface area (Å²) in [5, 5.41) is 0. The van der Waals surface area contributed by atoms with Crippen LogP contribution in [0.3, 0.4) is 0 Å². The molecule has 0 saturated carbocycles. The van der Waals surface area contributed by atoms with Crippen molar-refractivity contribution in [3.05, 3.63) is 12.2 Å². The number of carbonyl (C=O) groups is 1. The van der Waals surface area contributed by atoms with Crippen molar-refractivity contribution in [2.75, 3.05) is 6.61 Å². The largest absolute Gasteiger partial charge is 0.350 e. The maximum absolute atomic E-state index is 12.3. The molecule has 0 aromatic carbocycles. The predicted octanol–water partition coefficient (Wildman–Crippen LogP) is 3.48. The van der Waals surface area contributed by atoms with Gasteiger partial charge in [-0.25, -0.2) is 0 Å². The van der Waals surface area contributed by atoms with Gasteiger partial charge in [0.2, 0.25) is 0 Å². The molecule has 0 amide bonds. The lowest BCUT2D eigenvalue weighted by molar-refractivity contribution is -0.288. The molecule has 1 saturated heterocycles. The molecule has 18 heavy (non-hydrogen) atoms. The van der Waals surface area contributed by atoms with Crippen LogP contribution in [0.1, 0.15) is 53.9 Å². The van der Waals surface area contributed by atoms with Gasteiger partial charge in [-0.2, -0.15) is 0 Å². The molecule has 1 aliphatic heterocycles. The van der Waals surface area contributed by atoms with Crippen molar-refractivity contribution < 1.29 is 14.3 Å². The van der Waals surface area contributed by atoms with Gasteiger partial charge in [0.1, 0.15) is 5.78 Å². The standard InChI is InChI=1S/C15H26O3/c1-6-7-8-9-12(16)14(2,3)13-10-11-17-15(4,5)18-13/h6-7,13H,8-11H2,1-5H3/b7-6+/t13-/m0/s1. The number of rotatable bonds is 5. The molecule has 1 rings (SSSR count). The topological polar surface area (TPSA) is 35.5 Å². The molecular formula is C15H26O3. The maximum Gasteiger partial charge on any atom is 0.163 e. The molecule has 0 bridgehead atoms. The summed E-state index contributed by atoms with van der Waals surface area (Å²) < 4.78 is 11.4. The van der Waals surface area contributed by atoms with Crippen LogP contribution in [-0.2, 0) is 14.3 Å². The highest BCUT2D eigenvalue weighted by molar-refractivity contribution is 5.84. The summed E-state index contributed by atoms with van der Waals surface area (Å²) in [4.78, 5) is 12.3. The quantitative estimate of drug-likeness (QED) is 0.705. The molecule has 1 aliphatic rings. The lowest BCUT2D eigenvalue weighted by Crippen LogP contribution is -2.49. The van der Waals surface area contributed by atoms with Crippen LogP contribution in [0, 0.1) is 5.41 Å². The second-order valence-electron chi connectivity index (χ2n) is 5.90. The van der Waals surface area contributed by atoms with Gasteiger partial charge < -0.3 is 9.47 Å². The van der Waals surface area contributed by atoms with Crippen molar-refractivity contribution in [1.29, 1.82) is 0 Å². The van der Waals surface area contributed by atoms with Gasteiger partial charge >= 0.3 is 0 Å². The summed E-state index contributed by atoms with van der Waals surface area (Å²) in [6.07, 6.45) is 6.13. The van der Waals surface area contributed by atoms with E-state index in [1.54, 1.807) is 0 Å². The molecule has 0 aromatic rings. The van der Waals surface area contributed by atoms with Gasteiger partial charge in [0.05, 0.1) is 12.7 Å². The fourth-order valence-corrected chi connectivity index (χ4v) is 2.24. The average Bonchev–Trinajstić information content (AvgIpc) is 2.27. The fraction of sp³-hybridized carbons (Fsp3) is 0.800. The van der Waals surface area contributed by atoms with Gasteiger partial charge in [-0.1, -0.05) is 26.0 Å². The third-order valence-electron chi connectivity index (χ3n) is 3.55. The Balaban J connectivity index is 2.63. The van der Waals surface area contributed by atoms with Crippen molar-refractivity contribution >= 4 is 5.78 Å². The Labute approximate surface area is 111 Å². The molecule has 1 heterocycles. The molecule has 0 unspecified atom stereocenters. The van der Waals surface area contributed by atoms with Crippen molar-refractivity contribution in [3.8, 4) is 0 Å². The predicted molar refractivity (Wildman–Crippen MR) is 72.4 cm³/mol. The number of allylic oxidation sites excluding steroid dienone is 2. The Kier molecular flexibility index (Phi) is 5.11. The van der Waals surface area contributed by atoms with E-state index in [1.165, 1.54) is 0 Å². The van der Waals surface area contributed by atoms with Gasteiger partial charge in [0.15, 0.2) is 5.79 Å². The second kappa shape index (κ2) is 5.98. The van der Waals surface area contributed by atoms with E-state index in [0.717, 1.165) is 12.8 Å². The molecule has 0 aromatic heterocycles. The Morgan fingerprint density at radius 1 is 1.44 bits per heavy atom. The summed E-state index contributed by atoms with van der Waals surface area (Å²) in [6, 6.07) is 0. The number of carbonyl (C=O) groups excluding carboxylic acids is 1. The third-order valence-corrected chi connectivity index (χ3v) is 3.55. The first-order chi connectivity index (χ1) is 8.29. The van der Waals surface area contributed by atoms with E-state index in [9.17, 15) is 4.79 Å². The molecule has 0 radical (unpaired) electrons. The van der Waals surface area contributed by atoms with Gasteiger partial charge in [-0.05, 0) is 33.6 Å². The van der Waals surface area contributed by atoms with Crippen molar-refractivity contribution in [3.63, 3.8) is 0 Å². The highest BCUT2D eigenvalue weighted by atomic mass is 16.7. The summed E-state index contributed by atoms with van der Waals surface area (Å²) in [5.41, 5.74) is -0.442. The first kappa shape index (κ1) is 15.4. The zero-order valence-electron chi connectivity index (χ0n) is 12.3. The molecule has 0 aliphatic carbocycles. The molecule has 104 valence electrons. The third kappa shape index (κ3) is 3.92. The molecule has 0 spiro atoms. The molecule has 3 nitrogen and oxygen atoms in total. The smallest absolute Gasteiger partial charge is 0.163 e. The van der Waals surface area contributed by atoms with Crippen LogP contribution in [-0.4, -0.2) is 24.3 Å². The first-order valence-electron chi connectivity index (χ1n) is 6.76. The van der Waals surface area contributed by atoms with Crippen LogP contribution >= 0.6 is 0 Å². The van der Waals surface area contributed by atoms with Gasteiger partial charge in [-0.3, -0.25) is 4.79 Å². The normalized spacial score (nSPS) is 24.4. The molecule has 1 atom stereocenters. The van der Waals surface area contributed by atoms with Crippen LogP contribution in [0.25, 0.3) is 0 Å². The maximum atomic E-state index is 12.3. The van der Waals surface area contributed by atoms with Crippen LogP contribution in [0.4, 0.5) is 0 Å². The Hall–Kier alpha value is -0.670. The summed E-state index contributed by atoms with van der Waals surface area (Å²) >= 11 is 0. The van der Waals surface area contributed by atoms with Crippen molar-refractivity contribution in [2.24, 2.45) is 5.41 Å². The van der Waals surface area contributed by atoms with E-state index in [-0.39, 0.29) is 11.9 Å². The van der Waals surface area contributed by atoms with Crippen molar-refractivity contribution in [2.45, 2.75) is 65.8 Å². The van der Waals surface area contributed by atoms with Crippen LogP contribution in [0.15, 0.2) is 12.2 Å². The molecular weight excluding hydrogens is 228 g/mol. The number of ketones is 1. The highest BCUT2D eigenvalue weighted by Gasteiger charge is 2.42. The van der Waals surface area contributed by atoms with Crippen LogP contribution < -0.4 is 0 Å². The van der Waals surface area contributed by atoms with Gasteiger partial charge in [0.25, 0.3) is 0 Å². The van der Waals surface area contributed by atoms with E-state index in [0.29, 0.717) is 13.0 Å². The lowest BCUT2D eigenvalue weighted by atomic mass is 9.78. The Morgan fingerprint density at radius 3 is 2.67 bits per heavy atom. The Morgan fingerprint density at radius 2 is 2.11 bits per heavy atom. The van der Waals surface area contributed by atoms with Gasteiger partial charge in [-0.15, -0.1) is 0 Å². The Bertz CT molecular complexity index is 316. The van der Waals surface area contributed by atoms with E-state index >= 15 is 0 Å². The second-order valence-corrected chi connectivity index (χ2v) is 5.90. The van der Waals surface area contributed by atoms with Gasteiger partial charge in [0, 0.05) is 11.8 Å². The molecule has 0 N–H and O–H groups in total. The number of hydrogen-bond acceptors (Lipinski definition) is 3. The highest BCUT2D eigenvalue weighted by Crippen LogP contribution is 2.35. The SMILES string of the molecule is C/C=C/CCC(=O)C(C)(C)[C@@H]1CCOC(C)(C)O1. The minimum absolute atomic E-state index is 0.0562. The molecule has 3 heteroatoms. The van der Waals surface area contributed by atoms with Crippen LogP contribution in [0.2, 0.25) is 0 Å². The summed E-state index contributed by atoms with van der Waals surface area (Å²) in [5.74, 6) is -0.313. The lowest BCUT2D eigenvalue weighted by Gasteiger charge is -2.42. The monoisotopic (exact) mass is 254 g/mol. The number of ether oxygens (including phenoxy) is 2. The summed E-state index contributed by atoms with van der Waals surface area (Å²) in [7, 11) is 0. The summed E-state index contributed by atoms with van der Waals surface area (Å²) in [6.45, 7) is 10.4. The first-order valence-corrected chi connectivity index (χ1v) is 6.76.